The normalized spacial score (nSPS) is 22.0. The number of hydrogen-bond acceptors (Lipinski definition) is 5. The van der Waals surface area contributed by atoms with Crippen molar-refractivity contribution < 1.29 is 19.0 Å². The zero-order chi connectivity index (χ0) is 25.5. The zero-order valence-corrected chi connectivity index (χ0v) is 22.0. The molecule has 4 amide bonds. The average Bonchev–Trinajstić information content (AvgIpc) is 3.32. The number of benzene rings is 2. The molecule has 1 aliphatic carbocycles. The largest absolute Gasteiger partial charge is 0.507 e. The number of hydrogen-bond donors (Lipinski definition) is 0. The molecular formula is C28H28ClN4O3S+. The second-order valence-corrected chi connectivity index (χ2v) is 11.3. The summed E-state index contributed by atoms with van der Waals surface area (Å²) < 4.78 is 1.55. The maximum absolute atomic E-state index is 13.8. The first-order chi connectivity index (χ1) is 18.0. The number of nitrogens with zero attached hydrogens (tertiary/aromatic N) is 4. The fourth-order valence-corrected chi connectivity index (χ4v) is 7.21. The first-order valence-corrected chi connectivity index (χ1v) is 14.0. The molecule has 2 aromatic rings. The molecule has 7 nitrogen and oxygen atoms in total. The Morgan fingerprint density at radius 3 is 2.35 bits per heavy atom. The highest BCUT2D eigenvalue weighted by Crippen LogP contribution is 2.48. The molecule has 3 heterocycles. The molecule has 2 aromatic carbocycles. The highest BCUT2D eigenvalue weighted by molar-refractivity contribution is 8.17. The molecule has 0 radical (unpaired) electrons. The van der Waals surface area contributed by atoms with Gasteiger partial charge in [0, 0.05) is 36.9 Å². The number of amides is 4. The Morgan fingerprint density at radius 2 is 1.62 bits per heavy atom. The van der Waals surface area contributed by atoms with Crippen LogP contribution in [0.4, 0.5) is 16.2 Å². The summed E-state index contributed by atoms with van der Waals surface area (Å²) in [4.78, 5) is 47.5. The predicted octanol–water partition coefficient (Wildman–Crippen LogP) is 4.76. The van der Waals surface area contributed by atoms with Crippen molar-refractivity contribution in [2.24, 2.45) is 5.92 Å². The van der Waals surface area contributed by atoms with Crippen LogP contribution in [-0.2, 0) is 9.59 Å². The van der Waals surface area contributed by atoms with Crippen molar-refractivity contribution in [2.75, 3.05) is 42.5 Å². The molecule has 9 heteroatoms. The number of anilines is 2. The minimum absolute atomic E-state index is 0.0685. The van der Waals surface area contributed by atoms with Crippen LogP contribution in [0.2, 0.25) is 5.02 Å². The van der Waals surface area contributed by atoms with E-state index >= 15 is 0 Å². The van der Waals surface area contributed by atoms with Crippen LogP contribution in [0.15, 0.2) is 65.1 Å². The van der Waals surface area contributed by atoms with Crippen LogP contribution in [0.3, 0.4) is 0 Å². The number of carbonyl (C=O) groups is 3. The van der Waals surface area contributed by atoms with E-state index in [9.17, 15) is 14.4 Å². The van der Waals surface area contributed by atoms with Gasteiger partial charge < -0.3 is 9.80 Å². The number of halogens is 1. The van der Waals surface area contributed by atoms with Crippen molar-refractivity contribution in [1.29, 1.82) is 0 Å². The van der Waals surface area contributed by atoms with E-state index in [-0.39, 0.29) is 18.4 Å². The van der Waals surface area contributed by atoms with Crippen LogP contribution in [0.25, 0.3) is 0 Å². The average molecular weight is 536 g/mol. The van der Waals surface area contributed by atoms with Crippen LogP contribution in [0.5, 0.6) is 0 Å². The summed E-state index contributed by atoms with van der Waals surface area (Å²) in [7, 11) is 0. The predicted molar refractivity (Wildman–Crippen MR) is 146 cm³/mol. The Balaban J connectivity index is 1.27. The molecule has 1 fully saturated rings. The summed E-state index contributed by atoms with van der Waals surface area (Å²) >= 11 is 7.60. The zero-order valence-electron chi connectivity index (χ0n) is 20.4. The van der Waals surface area contributed by atoms with Gasteiger partial charge in [-0.15, -0.1) is 4.90 Å². The van der Waals surface area contributed by atoms with Gasteiger partial charge in [-0.25, -0.2) is 4.79 Å². The van der Waals surface area contributed by atoms with Gasteiger partial charge in [-0.2, -0.15) is 9.37 Å². The summed E-state index contributed by atoms with van der Waals surface area (Å²) in [6.45, 7) is 2.60. The lowest BCUT2D eigenvalue weighted by Gasteiger charge is -2.36. The van der Waals surface area contributed by atoms with E-state index in [1.807, 2.05) is 23.1 Å². The third-order valence-electron chi connectivity index (χ3n) is 7.57. The van der Waals surface area contributed by atoms with E-state index in [0.717, 1.165) is 50.0 Å². The molecule has 0 aromatic heterocycles. The van der Waals surface area contributed by atoms with E-state index in [1.54, 1.807) is 28.8 Å². The number of imide groups is 1. The lowest BCUT2D eigenvalue weighted by atomic mass is 9.88. The van der Waals surface area contributed by atoms with Gasteiger partial charge >= 0.3 is 11.9 Å². The number of urea groups is 1. The Hall–Kier alpha value is -3.10. The monoisotopic (exact) mass is 535 g/mol. The van der Waals surface area contributed by atoms with E-state index in [0.29, 0.717) is 28.8 Å². The van der Waals surface area contributed by atoms with Gasteiger partial charge in [0.05, 0.1) is 0 Å². The molecule has 6 rings (SSSR count). The molecule has 0 bridgehead atoms. The fraction of sp³-hybridized carbons (Fsp3) is 0.357. The molecule has 0 N–H and O–H groups in total. The molecule has 0 spiro atoms. The van der Waals surface area contributed by atoms with Gasteiger partial charge in [-0.05, 0) is 72.6 Å². The van der Waals surface area contributed by atoms with Crippen LogP contribution < -0.4 is 9.80 Å². The molecule has 190 valence electrons. The molecule has 37 heavy (non-hydrogen) atoms. The topological polar surface area (TPSA) is 63.9 Å². The highest BCUT2D eigenvalue weighted by atomic mass is 35.5. The first kappa shape index (κ1) is 24.2. The molecule has 1 saturated heterocycles. The van der Waals surface area contributed by atoms with Crippen LogP contribution in [-0.4, -0.2) is 65.1 Å². The molecular weight excluding hydrogens is 508 g/mol. The van der Waals surface area contributed by atoms with E-state index in [2.05, 4.69) is 17.0 Å². The summed E-state index contributed by atoms with van der Waals surface area (Å²) in [5.74, 6) is -0.818. The van der Waals surface area contributed by atoms with Gasteiger partial charge in [-0.1, -0.05) is 41.6 Å². The summed E-state index contributed by atoms with van der Waals surface area (Å²) in [6, 6.07) is 16.4. The van der Waals surface area contributed by atoms with Crippen LogP contribution in [0.1, 0.15) is 25.7 Å². The van der Waals surface area contributed by atoms with Crippen molar-refractivity contribution in [3.8, 4) is 0 Å². The number of allylic oxidation sites excluding steroid dienone is 1. The van der Waals surface area contributed by atoms with Gasteiger partial charge in [0.1, 0.15) is 5.69 Å². The Kier molecular flexibility index (Phi) is 6.55. The Bertz CT molecular complexity index is 1320. The second-order valence-electron chi connectivity index (χ2n) is 9.75. The summed E-state index contributed by atoms with van der Waals surface area (Å²) in [5.41, 5.74) is 2.74. The summed E-state index contributed by atoms with van der Waals surface area (Å²) in [6.07, 6.45) is 3.90. The Morgan fingerprint density at radius 1 is 0.919 bits per heavy atom. The molecule has 1 atom stereocenters. The molecule has 4 aliphatic rings. The standard InChI is InChI=1S/C28H28ClN4O3S/c29-19-10-12-21(13-11-19)33-26(35)25-22-8-4-5-9-23(22)37-27(25)32(28(33)36)18-24(34)31-16-14-30(15-17-31)20-6-2-1-3-7-20/h1-3,6-7,10-13,25H,4-5,8-9,14-18H2/q+1. The molecule has 3 aliphatic heterocycles. The quantitative estimate of drug-likeness (QED) is 0.528. The second kappa shape index (κ2) is 9.99. The van der Waals surface area contributed by atoms with E-state index < -0.39 is 11.9 Å². The number of piperazine rings is 1. The lowest BCUT2D eigenvalue weighted by Crippen LogP contribution is -2.57. The fourth-order valence-electron chi connectivity index (χ4n) is 5.62. The summed E-state index contributed by atoms with van der Waals surface area (Å²) in [5, 5.41) is 1.23. The SMILES string of the molecule is O=C(C[N+]1=C2SC3=C(CCCC3)C2C(=O)N(c2ccc(Cl)cc2)C1=O)N1CCN(c2ccccc2)CC1. The van der Waals surface area contributed by atoms with E-state index in [4.69, 9.17) is 11.6 Å². The smallest absolute Gasteiger partial charge is 0.368 e. The maximum atomic E-state index is 13.8. The van der Waals surface area contributed by atoms with Crippen LogP contribution in [0, 0.1) is 5.92 Å². The highest BCUT2D eigenvalue weighted by Gasteiger charge is 2.54. The van der Waals surface area contributed by atoms with Crippen molar-refractivity contribution in [3.63, 3.8) is 0 Å². The third-order valence-corrected chi connectivity index (χ3v) is 9.20. The molecule has 0 saturated carbocycles. The minimum atomic E-state index is -0.489. The number of rotatable bonds is 4. The van der Waals surface area contributed by atoms with Gasteiger partial charge in [0.15, 0.2) is 17.5 Å². The number of para-hydroxylation sites is 1. The van der Waals surface area contributed by atoms with Crippen molar-refractivity contribution >= 4 is 57.6 Å². The third kappa shape index (κ3) is 4.46. The maximum Gasteiger partial charge on any atom is 0.507 e. The van der Waals surface area contributed by atoms with Gasteiger partial charge in [0.2, 0.25) is 0 Å². The number of thioether (sulfide) groups is 1. The first-order valence-electron chi connectivity index (χ1n) is 12.8. The van der Waals surface area contributed by atoms with E-state index in [1.165, 1.54) is 21.6 Å². The van der Waals surface area contributed by atoms with Crippen molar-refractivity contribution in [1.82, 2.24) is 4.90 Å². The van der Waals surface area contributed by atoms with Crippen molar-refractivity contribution in [3.05, 3.63) is 70.1 Å². The molecule has 1 unspecified atom stereocenters. The number of fused-ring (bicyclic) bond motifs is 2. The van der Waals surface area contributed by atoms with Gasteiger partial charge in [-0.3, -0.25) is 4.79 Å². The Labute approximate surface area is 225 Å². The van der Waals surface area contributed by atoms with Crippen LogP contribution >= 0.6 is 23.4 Å². The minimum Gasteiger partial charge on any atom is -0.368 e. The van der Waals surface area contributed by atoms with Crippen molar-refractivity contribution in [2.45, 2.75) is 25.7 Å². The lowest BCUT2D eigenvalue weighted by molar-refractivity contribution is -0.416. The number of carbonyl (C=O) groups excluding carboxylic acids is 3. The van der Waals surface area contributed by atoms with Gasteiger partial charge in [0.25, 0.3) is 5.91 Å².